The van der Waals surface area contributed by atoms with E-state index >= 15 is 0 Å². The van der Waals surface area contributed by atoms with E-state index in [0.29, 0.717) is 11.3 Å². The van der Waals surface area contributed by atoms with Crippen LogP contribution < -0.4 is 5.32 Å². The first-order valence-corrected chi connectivity index (χ1v) is 6.80. The van der Waals surface area contributed by atoms with Crippen LogP contribution in [0.5, 0.6) is 0 Å². The zero-order chi connectivity index (χ0) is 17.5. The van der Waals surface area contributed by atoms with Crippen LogP contribution in [0.4, 0.5) is 28.0 Å². The van der Waals surface area contributed by atoms with Gasteiger partial charge in [-0.2, -0.15) is 13.2 Å². The number of benzene rings is 1. The van der Waals surface area contributed by atoms with Crippen LogP contribution in [-0.2, 0) is 4.74 Å². The van der Waals surface area contributed by atoms with Gasteiger partial charge in [0.05, 0.1) is 13.2 Å². The number of nitrogens with one attached hydrogen (secondary N) is 1. The molecule has 1 rings (SSSR count). The molecule has 0 unspecified atom stereocenters. The quantitative estimate of drug-likeness (QED) is 0.593. The number of halogens is 4. The Kier molecular flexibility index (Phi) is 7.24. The predicted octanol–water partition coefficient (Wildman–Crippen LogP) is 2.54. The van der Waals surface area contributed by atoms with Crippen molar-refractivity contribution in [2.75, 3.05) is 38.2 Å². The van der Waals surface area contributed by atoms with Gasteiger partial charge >= 0.3 is 12.2 Å². The minimum absolute atomic E-state index is 0.0680. The molecule has 0 heterocycles. The van der Waals surface area contributed by atoms with Gasteiger partial charge in [-0.25, -0.2) is 9.18 Å². The van der Waals surface area contributed by atoms with Crippen molar-refractivity contribution in [3.63, 3.8) is 0 Å². The highest BCUT2D eigenvalue weighted by Crippen LogP contribution is 2.16. The predicted molar refractivity (Wildman–Crippen MR) is 75.7 cm³/mol. The molecule has 0 bridgehead atoms. The highest BCUT2D eigenvalue weighted by atomic mass is 19.4. The fourth-order valence-electron chi connectivity index (χ4n) is 1.76. The zero-order valence-electron chi connectivity index (χ0n) is 12.5. The number of carbonyl (C=O) groups is 1. The first-order chi connectivity index (χ1) is 10.7. The number of anilines is 1. The van der Waals surface area contributed by atoms with Crippen molar-refractivity contribution in [1.82, 2.24) is 4.90 Å². The molecule has 0 aliphatic heterocycles. The number of hydrogen-bond acceptors (Lipinski definition) is 3. The van der Waals surface area contributed by atoms with E-state index in [1.54, 1.807) is 6.92 Å². The molecule has 1 aromatic rings. The largest absolute Gasteiger partial charge is 0.411 e. The summed E-state index contributed by atoms with van der Waals surface area (Å²) in [6.07, 6.45) is -4.44. The standard InChI is InChI=1S/C14H18F4N2O3/c1-10-8-11(15)2-3-12(10)19-13(22)20(4-6-21)5-7-23-9-14(16,17)18/h2-3,8,21H,4-7,9H2,1H3,(H,19,22). The molecule has 0 atom stereocenters. The van der Waals surface area contributed by atoms with Crippen LogP contribution in [0.1, 0.15) is 5.56 Å². The van der Waals surface area contributed by atoms with Crippen LogP contribution in [0.3, 0.4) is 0 Å². The van der Waals surface area contributed by atoms with Crippen molar-refractivity contribution < 1.29 is 32.2 Å². The lowest BCUT2D eigenvalue weighted by Gasteiger charge is -2.23. The van der Waals surface area contributed by atoms with Gasteiger partial charge in [0, 0.05) is 18.8 Å². The van der Waals surface area contributed by atoms with Crippen LogP contribution in [0.2, 0.25) is 0 Å². The van der Waals surface area contributed by atoms with Gasteiger partial charge in [0.15, 0.2) is 0 Å². The van der Waals surface area contributed by atoms with E-state index in [1.165, 1.54) is 18.2 Å². The lowest BCUT2D eigenvalue weighted by Crippen LogP contribution is -2.39. The number of nitrogens with zero attached hydrogens (tertiary/aromatic N) is 1. The molecule has 0 aromatic heterocycles. The highest BCUT2D eigenvalue weighted by Gasteiger charge is 2.27. The number of carbonyl (C=O) groups excluding carboxylic acids is 1. The van der Waals surface area contributed by atoms with E-state index in [9.17, 15) is 22.4 Å². The summed E-state index contributed by atoms with van der Waals surface area (Å²) in [6, 6.07) is 3.16. The minimum Gasteiger partial charge on any atom is -0.395 e. The van der Waals surface area contributed by atoms with Crippen LogP contribution >= 0.6 is 0 Å². The van der Waals surface area contributed by atoms with Crippen molar-refractivity contribution in [3.05, 3.63) is 29.6 Å². The monoisotopic (exact) mass is 338 g/mol. The SMILES string of the molecule is Cc1cc(F)ccc1NC(=O)N(CCO)CCOCC(F)(F)F. The molecule has 0 spiro atoms. The second-order valence-corrected chi connectivity index (χ2v) is 4.77. The Morgan fingerprint density at radius 3 is 2.61 bits per heavy atom. The Morgan fingerprint density at radius 1 is 1.35 bits per heavy atom. The second-order valence-electron chi connectivity index (χ2n) is 4.77. The summed E-state index contributed by atoms with van der Waals surface area (Å²) in [6.45, 7) is -0.672. The Balaban J connectivity index is 2.56. The summed E-state index contributed by atoms with van der Waals surface area (Å²) in [4.78, 5) is 13.2. The first kappa shape index (κ1) is 19.2. The summed E-state index contributed by atoms with van der Waals surface area (Å²) >= 11 is 0. The first-order valence-electron chi connectivity index (χ1n) is 6.80. The second kappa shape index (κ2) is 8.68. The van der Waals surface area contributed by atoms with Gasteiger partial charge in [-0.3, -0.25) is 0 Å². The van der Waals surface area contributed by atoms with Gasteiger partial charge in [-0.05, 0) is 30.7 Å². The number of alkyl halides is 3. The number of rotatable bonds is 7. The number of urea groups is 1. The Bertz CT molecular complexity index is 523. The van der Waals surface area contributed by atoms with E-state index in [-0.39, 0.29) is 26.3 Å². The number of hydrogen-bond donors (Lipinski definition) is 2. The van der Waals surface area contributed by atoms with Crippen LogP contribution in [0.15, 0.2) is 18.2 Å². The molecular weight excluding hydrogens is 320 g/mol. The third-order valence-corrected chi connectivity index (χ3v) is 2.86. The van der Waals surface area contributed by atoms with Crippen molar-refractivity contribution in [2.24, 2.45) is 0 Å². The Hall–Kier alpha value is -1.87. The normalized spacial score (nSPS) is 11.4. The number of aliphatic hydroxyl groups excluding tert-OH is 1. The molecule has 2 N–H and O–H groups in total. The minimum atomic E-state index is -4.44. The van der Waals surface area contributed by atoms with Gasteiger partial charge in [0.2, 0.25) is 0 Å². The topological polar surface area (TPSA) is 61.8 Å². The lowest BCUT2D eigenvalue weighted by molar-refractivity contribution is -0.174. The van der Waals surface area contributed by atoms with Crippen molar-refractivity contribution in [3.8, 4) is 0 Å². The molecule has 0 saturated carbocycles. The average Bonchev–Trinajstić information content (AvgIpc) is 2.44. The lowest BCUT2D eigenvalue weighted by atomic mass is 10.2. The van der Waals surface area contributed by atoms with Gasteiger partial charge in [-0.1, -0.05) is 0 Å². The van der Waals surface area contributed by atoms with E-state index in [2.05, 4.69) is 10.1 Å². The molecule has 130 valence electrons. The maximum atomic E-state index is 13.0. The van der Waals surface area contributed by atoms with E-state index in [1.807, 2.05) is 0 Å². The molecule has 0 fully saturated rings. The van der Waals surface area contributed by atoms with Gasteiger partial charge in [0.25, 0.3) is 0 Å². The van der Waals surface area contributed by atoms with E-state index in [0.717, 1.165) is 4.90 Å². The smallest absolute Gasteiger partial charge is 0.395 e. The summed E-state index contributed by atoms with van der Waals surface area (Å²) in [5, 5.41) is 11.4. The molecule has 5 nitrogen and oxygen atoms in total. The third-order valence-electron chi connectivity index (χ3n) is 2.86. The molecule has 2 amide bonds. The highest BCUT2D eigenvalue weighted by molar-refractivity contribution is 5.90. The fraction of sp³-hybridized carbons (Fsp3) is 0.500. The van der Waals surface area contributed by atoms with Crippen molar-refractivity contribution in [1.29, 1.82) is 0 Å². The van der Waals surface area contributed by atoms with Crippen molar-refractivity contribution >= 4 is 11.7 Å². The molecule has 0 aliphatic rings. The maximum Gasteiger partial charge on any atom is 0.411 e. The van der Waals surface area contributed by atoms with Crippen LogP contribution in [-0.4, -0.2) is 55.1 Å². The number of amides is 2. The molecule has 9 heteroatoms. The molecule has 0 aliphatic carbocycles. The molecule has 23 heavy (non-hydrogen) atoms. The summed E-state index contributed by atoms with van der Waals surface area (Å²) in [5.74, 6) is -0.451. The van der Waals surface area contributed by atoms with Crippen LogP contribution in [0.25, 0.3) is 0 Å². The van der Waals surface area contributed by atoms with Gasteiger partial charge in [-0.15, -0.1) is 0 Å². The van der Waals surface area contributed by atoms with Crippen molar-refractivity contribution in [2.45, 2.75) is 13.1 Å². The van der Waals surface area contributed by atoms with Crippen LogP contribution in [0, 0.1) is 12.7 Å². The Morgan fingerprint density at radius 2 is 2.04 bits per heavy atom. The van der Waals surface area contributed by atoms with Gasteiger partial charge in [0.1, 0.15) is 12.4 Å². The molecular formula is C14H18F4N2O3. The molecule has 0 radical (unpaired) electrons. The zero-order valence-corrected chi connectivity index (χ0v) is 12.5. The number of ether oxygens (including phenoxy) is 1. The summed E-state index contributed by atoms with van der Waals surface area (Å²) in [7, 11) is 0. The third kappa shape index (κ3) is 7.29. The fourth-order valence-corrected chi connectivity index (χ4v) is 1.76. The average molecular weight is 338 g/mol. The van der Waals surface area contributed by atoms with E-state index < -0.39 is 24.6 Å². The Labute approximate surface area is 130 Å². The molecule has 1 aromatic carbocycles. The summed E-state index contributed by atoms with van der Waals surface area (Å²) < 4.78 is 53.3. The number of aliphatic hydroxyl groups is 1. The molecule has 0 saturated heterocycles. The van der Waals surface area contributed by atoms with Gasteiger partial charge < -0.3 is 20.1 Å². The maximum absolute atomic E-state index is 13.0. The summed E-state index contributed by atoms with van der Waals surface area (Å²) in [5.41, 5.74) is 0.867. The number of aryl methyl sites for hydroxylation is 1. The van der Waals surface area contributed by atoms with E-state index in [4.69, 9.17) is 5.11 Å².